The molecule has 1 aromatic heterocycles. The zero-order chi connectivity index (χ0) is 45.4. The predicted octanol–water partition coefficient (Wildman–Crippen LogP) is 9.72. The van der Waals surface area contributed by atoms with E-state index in [0.29, 0.717) is 49.7 Å². The molecule has 0 bridgehead atoms. The zero-order valence-corrected chi connectivity index (χ0v) is 47.0. The number of halogens is 11. The summed E-state index contributed by atoms with van der Waals surface area (Å²) >= 11 is 9.54. The molecule has 2 aliphatic heterocycles. The van der Waals surface area contributed by atoms with Crippen LogP contribution in [0.3, 0.4) is 0 Å². The molecule has 2 fully saturated rings. The van der Waals surface area contributed by atoms with E-state index in [4.69, 9.17) is 9.47 Å². The second kappa shape index (κ2) is 27.8. The van der Waals surface area contributed by atoms with Gasteiger partial charge in [-0.15, -0.1) is 24.0 Å². The molecule has 2 aliphatic rings. The number of carbonyl (C=O) groups is 1. The third kappa shape index (κ3) is 16.1. The van der Waals surface area contributed by atoms with E-state index in [1.165, 1.54) is 42.7 Å². The Balaban J connectivity index is 0.000000562. The average Bonchev–Trinajstić information content (AvgIpc) is 3.97. The first-order valence-corrected chi connectivity index (χ1v) is 38.1. The summed E-state index contributed by atoms with van der Waals surface area (Å²) < 4.78 is 79.9. The first kappa shape index (κ1) is 54.7. The minimum absolute atomic E-state index is 0. The molecule has 3 heterocycles. The van der Waals surface area contributed by atoms with Gasteiger partial charge in [-0.1, -0.05) is 6.07 Å². The number of anilines is 3. The summed E-state index contributed by atoms with van der Waals surface area (Å²) in [5, 5.41) is 6.98. The molecule has 0 aliphatic carbocycles. The second-order valence-corrected chi connectivity index (χ2v) is 30.6. The number of nitrogens with zero attached hydrogens (tertiary/aromatic N) is 5. The zero-order valence-electron chi connectivity index (χ0n) is 33.9. The van der Waals surface area contributed by atoms with Crippen molar-refractivity contribution < 1.29 is 49.5 Å². The molecule has 0 radical (unpaired) electrons. The van der Waals surface area contributed by atoms with E-state index < -0.39 is 28.9 Å². The Labute approximate surface area is 439 Å². The van der Waals surface area contributed by atoms with Crippen LogP contribution in [0.5, 0.6) is 5.75 Å². The van der Waals surface area contributed by atoms with Gasteiger partial charge in [0.2, 0.25) is 0 Å². The number of ether oxygens (including phenoxy) is 2. The van der Waals surface area contributed by atoms with E-state index >= 15 is 0 Å². The predicted molar refractivity (Wildman–Crippen MR) is 282 cm³/mol. The van der Waals surface area contributed by atoms with Crippen molar-refractivity contribution in [1.29, 1.82) is 0 Å². The van der Waals surface area contributed by atoms with Gasteiger partial charge in [-0.2, -0.15) is 5.10 Å². The van der Waals surface area contributed by atoms with E-state index in [1.807, 2.05) is 25.1 Å². The van der Waals surface area contributed by atoms with E-state index in [9.17, 15) is 26.7 Å². The van der Waals surface area contributed by atoms with Gasteiger partial charge in [0.1, 0.15) is 53.1 Å². The minimum atomic E-state index is -1.03. The molecular weight excluding hydrogens is 1520 g/mol. The van der Waals surface area contributed by atoms with Crippen LogP contribution in [0, 0.1) is 41.9 Å². The fourth-order valence-corrected chi connectivity index (χ4v) is 7.20. The Morgan fingerprint density at radius 1 is 0.797 bits per heavy atom. The molecule has 2 saturated heterocycles. The van der Waals surface area contributed by atoms with Crippen molar-refractivity contribution in [2.45, 2.75) is 25.5 Å². The third-order valence-corrected chi connectivity index (χ3v) is 10.2. The number of amides is 1. The molecule has 1 amide bonds. The number of piperazine rings is 1. The molecule has 6 aromatic rings. The number of rotatable bonds is 10. The number of hydrogen-bond acceptors (Lipinski definition) is 7. The second-order valence-electron chi connectivity index (χ2n) is 14.3. The summed E-state index contributed by atoms with van der Waals surface area (Å²) in [6.07, 6.45) is 3.45. The van der Waals surface area contributed by atoms with Gasteiger partial charge in [0.25, 0.3) is 5.91 Å². The van der Waals surface area contributed by atoms with Crippen molar-refractivity contribution in [3.05, 3.63) is 168 Å². The maximum absolute atomic E-state index is 15.0. The Hall–Kier alpha value is -1.90. The third-order valence-electron chi connectivity index (χ3n) is 10.2. The number of nitrogens with one attached hydrogen (secondary N) is 1. The number of hydrogen-bond donors (Lipinski definition) is 1. The van der Waals surface area contributed by atoms with Crippen LogP contribution in [-0.2, 0) is 16.9 Å². The topological polar surface area (TPSA) is 84.8 Å². The van der Waals surface area contributed by atoms with Crippen molar-refractivity contribution in [3.63, 3.8) is 0 Å². The van der Waals surface area contributed by atoms with Crippen LogP contribution in [-0.4, -0.2) is 60.1 Å². The van der Waals surface area contributed by atoms with Crippen molar-refractivity contribution in [1.82, 2.24) is 14.8 Å². The van der Waals surface area contributed by atoms with Crippen molar-refractivity contribution in [3.8, 4) is 5.75 Å². The van der Waals surface area contributed by atoms with Crippen LogP contribution in [0.2, 0.25) is 0 Å². The standard InChI is InChI=1S/C38H37F3N6O3.C6H4F2.I3.I2.HI/c1-26-18-33(46-16-14-45(15-17-46)32-9-2-28(3-10-32)37(48)44-31-7-4-29(39)5-8-31)11-13-36(26)49-21-27-20-38(50-22-27,23-47-25-42-24-43-47)34-12-6-30(40)19-35(34)41;7-5-1-2-6(8)4-3-5;1-3-2;1-2;/h2-13,18-19,24-25,27H,14-17,20-23H2,1H3,(H,44,48);1-4H;;;1H/q;;-1;;/t27-,38+;;;;/m1..../s1. The Morgan fingerprint density at radius 3 is 1.89 bits per heavy atom. The van der Waals surface area contributed by atoms with Crippen LogP contribution in [0.15, 0.2) is 122 Å². The molecule has 64 heavy (non-hydrogen) atoms. The van der Waals surface area contributed by atoms with Crippen molar-refractivity contribution >= 4 is 121 Å². The molecule has 9 nitrogen and oxygen atoms in total. The van der Waals surface area contributed by atoms with Crippen LogP contribution < -0.4 is 33.1 Å². The first-order chi connectivity index (χ1) is 30.4. The van der Waals surface area contributed by atoms with Gasteiger partial charge in [0, 0.05) is 104 Å². The SMILES string of the molecule is Cc1cc(N2CCN(c3ccc(C(=O)Nc4ccc(F)cc4)cc3)CC2)ccc1OC[C@@H]1CO[C@@](Cn2cncn2)(c2ccc(F)cc2F)C1.Fc1ccc(F)cc1.I.II.I[I-]I. The van der Waals surface area contributed by atoms with Crippen LogP contribution >= 0.6 is 98.4 Å². The van der Waals surface area contributed by atoms with Crippen LogP contribution in [0.25, 0.3) is 0 Å². The number of aryl methyl sites for hydroxylation is 1. The van der Waals surface area contributed by atoms with Gasteiger partial charge in [-0.25, -0.2) is 31.6 Å². The molecule has 0 saturated carbocycles. The fraction of sp³-hybridized carbons (Fsp3) is 0.250. The normalized spacial score (nSPS) is 16.5. The molecule has 0 spiro atoms. The monoisotopic (exact) mass is 1560 g/mol. The molecule has 8 rings (SSSR count). The summed E-state index contributed by atoms with van der Waals surface area (Å²) in [5.74, 6) is -1.96. The first-order valence-electron chi connectivity index (χ1n) is 19.2. The maximum atomic E-state index is 15.0. The summed E-state index contributed by atoms with van der Waals surface area (Å²) in [6, 6.07) is 27.3. The fourth-order valence-electron chi connectivity index (χ4n) is 7.20. The Bertz CT molecular complexity index is 2310. The number of benzene rings is 5. The Morgan fingerprint density at radius 2 is 1.34 bits per heavy atom. The molecular formula is C44H42F5I6N6O3-. The number of carbonyl (C=O) groups excluding carboxylic acids is 1. The quantitative estimate of drug-likeness (QED) is 0.108. The molecule has 2 atom stereocenters. The van der Waals surface area contributed by atoms with E-state index in [2.05, 4.69) is 112 Å². The van der Waals surface area contributed by atoms with E-state index in [0.717, 1.165) is 79.2 Å². The number of aromatic nitrogens is 3. The van der Waals surface area contributed by atoms with Gasteiger partial charge in [-0.05, 0) is 116 Å². The molecule has 1 N–H and O–H groups in total. The van der Waals surface area contributed by atoms with E-state index in [1.54, 1.807) is 23.1 Å². The van der Waals surface area contributed by atoms with Crippen molar-refractivity contribution in [2.75, 3.05) is 54.5 Å². The Kier molecular flexibility index (Phi) is 23.8. The van der Waals surface area contributed by atoms with E-state index in [-0.39, 0.29) is 48.2 Å². The van der Waals surface area contributed by atoms with Crippen LogP contribution in [0.1, 0.15) is 27.9 Å². The van der Waals surface area contributed by atoms with Gasteiger partial charge in [0.15, 0.2) is 0 Å². The van der Waals surface area contributed by atoms with Gasteiger partial charge in [0.05, 0.1) is 19.8 Å². The molecule has 344 valence electrons. The summed E-state index contributed by atoms with van der Waals surface area (Å²) in [7, 11) is 0. The summed E-state index contributed by atoms with van der Waals surface area (Å²) in [5.41, 5.74) is 3.51. The van der Waals surface area contributed by atoms with Crippen LogP contribution in [0.4, 0.5) is 39.0 Å². The average molecular weight is 1560 g/mol. The summed E-state index contributed by atoms with van der Waals surface area (Å²) in [4.78, 5) is 21.3. The molecule has 0 unspecified atom stereocenters. The van der Waals surface area contributed by atoms with Gasteiger partial charge >= 0.3 is 50.5 Å². The summed E-state index contributed by atoms with van der Waals surface area (Å²) in [6.45, 7) is 6.33. The van der Waals surface area contributed by atoms with Crippen molar-refractivity contribution in [2.24, 2.45) is 5.92 Å². The molecule has 5 aromatic carbocycles. The van der Waals surface area contributed by atoms with Gasteiger partial charge in [-0.3, -0.25) is 4.79 Å². The molecule has 20 heteroatoms. The van der Waals surface area contributed by atoms with Gasteiger partial charge < -0.3 is 24.6 Å².